The molecule has 0 heterocycles. The predicted octanol–water partition coefficient (Wildman–Crippen LogP) is 3.97. The van der Waals surface area contributed by atoms with Gasteiger partial charge in [-0.3, -0.25) is 0 Å². The molecular weight excluding hydrogens is 303 g/mol. The van der Waals surface area contributed by atoms with Crippen LogP contribution in [0.25, 0.3) is 0 Å². The van der Waals surface area contributed by atoms with Crippen molar-refractivity contribution in [2.45, 2.75) is 42.5 Å². The van der Waals surface area contributed by atoms with E-state index in [4.69, 9.17) is 0 Å². The minimum atomic E-state index is -5.32. The molecule has 3 nitrogen and oxygen atoms in total. The van der Waals surface area contributed by atoms with Gasteiger partial charge < -0.3 is 5.32 Å². The Morgan fingerprint density at radius 1 is 1.14 bits per heavy atom. The zero-order chi connectivity index (χ0) is 15.5. The summed E-state index contributed by atoms with van der Waals surface area (Å²) in [5.41, 5.74) is -5.26. The molecule has 1 aliphatic carbocycles. The maximum Gasteiger partial charge on any atom is 0.501 e. The van der Waals surface area contributed by atoms with E-state index in [-0.39, 0.29) is 5.69 Å². The molecule has 118 valence electrons. The fourth-order valence-electron chi connectivity index (χ4n) is 2.68. The lowest BCUT2D eigenvalue weighted by Gasteiger charge is -2.15. The number of para-hydroxylation sites is 1. The van der Waals surface area contributed by atoms with Gasteiger partial charge >= 0.3 is 5.51 Å². The van der Waals surface area contributed by atoms with Gasteiger partial charge in [-0.1, -0.05) is 37.8 Å². The maximum absolute atomic E-state index is 12.7. The summed E-state index contributed by atoms with van der Waals surface area (Å²) in [7, 11) is -5.32. The van der Waals surface area contributed by atoms with Crippen LogP contribution >= 0.6 is 0 Å². The average Bonchev–Trinajstić information content (AvgIpc) is 2.91. The van der Waals surface area contributed by atoms with E-state index in [1.54, 1.807) is 0 Å². The molecule has 0 amide bonds. The molecule has 2 rings (SSSR count). The van der Waals surface area contributed by atoms with Crippen molar-refractivity contribution in [2.24, 2.45) is 5.92 Å². The Hall–Kier alpha value is -1.24. The van der Waals surface area contributed by atoms with Gasteiger partial charge in [0.05, 0.1) is 10.6 Å². The third kappa shape index (κ3) is 3.70. The molecule has 7 heteroatoms. The molecule has 0 bridgehead atoms. The molecule has 21 heavy (non-hydrogen) atoms. The Morgan fingerprint density at radius 3 is 2.38 bits per heavy atom. The van der Waals surface area contributed by atoms with E-state index in [0.29, 0.717) is 12.5 Å². The van der Waals surface area contributed by atoms with Crippen LogP contribution in [-0.4, -0.2) is 20.5 Å². The van der Waals surface area contributed by atoms with Gasteiger partial charge in [0.15, 0.2) is 0 Å². The lowest BCUT2D eigenvalue weighted by Crippen LogP contribution is -2.24. The van der Waals surface area contributed by atoms with Crippen LogP contribution in [0.3, 0.4) is 0 Å². The quantitative estimate of drug-likeness (QED) is 0.892. The summed E-state index contributed by atoms with van der Waals surface area (Å²) in [4.78, 5) is -0.705. The Balaban J connectivity index is 2.10. The molecule has 1 fully saturated rings. The van der Waals surface area contributed by atoms with Crippen LogP contribution in [0.1, 0.15) is 32.1 Å². The summed E-state index contributed by atoms with van der Waals surface area (Å²) in [5.74, 6) is 0.587. The summed E-state index contributed by atoms with van der Waals surface area (Å²) in [6.45, 7) is 0.481. The van der Waals surface area contributed by atoms with Crippen molar-refractivity contribution in [3.05, 3.63) is 24.3 Å². The first-order valence-corrected chi connectivity index (χ1v) is 8.45. The van der Waals surface area contributed by atoms with Crippen LogP contribution in [0.2, 0.25) is 0 Å². The van der Waals surface area contributed by atoms with Crippen molar-refractivity contribution in [2.75, 3.05) is 11.9 Å². The van der Waals surface area contributed by atoms with Gasteiger partial charge in [-0.2, -0.15) is 13.2 Å². The van der Waals surface area contributed by atoms with Crippen LogP contribution in [-0.2, 0) is 9.84 Å². The molecule has 1 aliphatic rings. The highest BCUT2D eigenvalue weighted by molar-refractivity contribution is 7.92. The van der Waals surface area contributed by atoms with Crippen molar-refractivity contribution in [3.8, 4) is 0 Å². The lowest BCUT2D eigenvalue weighted by molar-refractivity contribution is -0.0435. The molecule has 0 spiro atoms. The van der Waals surface area contributed by atoms with Gasteiger partial charge in [-0.15, -0.1) is 0 Å². The number of halogens is 3. The molecular formula is C14H18F3NO2S. The minimum absolute atomic E-state index is 0.0211. The number of sulfone groups is 1. The first-order valence-electron chi connectivity index (χ1n) is 6.96. The Labute approximate surface area is 122 Å². The summed E-state index contributed by atoms with van der Waals surface area (Å²) in [6, 6.07) is 5.17. The van der Waals surface area contributed by atoms with E-state index >= 15 is 0 Å². The van der Waals surface area contributed by atoms with Crippen LogP contribution in [0, 0.1) is 5.92 Å². The number of rotatable bonds is 5. The summed E-state index contributed by atoms with van der Waals surface area (Å²) in [5, 5.41) is 2.84. The van der Waals surface area contributed by atoms with E-state index in [9.17, 15) is 21.6 Å². The number of hydrogen-bond acceptors (Lipinski definition) is 3. The fourth-order valence-corrected chi connectivity index (χ4v) is 3.62. The second kappa shape index (κ2) is 6.25. The molecule has 1 aromatic carbocycles. The summed E-state index contributed by atoms with van der Waals surface area (Å²) < 4.78 is 61.0. The van der Waals surface area contributed by atoms with Gasteiger partial charge in [0.25, 0.3) is 9.84 Å². The van der Waals surface area contributed by atoms with Crippen molar-refractivity contribution in [1.29, 1.82) is 0 Å². The smallest absolute Gasteiger partial charge is 0.384 e. The van der Waals surface area contributed by atoms with E-state index in [1.165, 1.54) is 31.0 Å². The Morgan fingerprint density at radius 2 is 1.76 bits per heavy atom. The zero-order valence-corrected chi connectivity index (χ0v) is 12.3. The fraction of sp³-hybridized carbons (Fsp3) is 0.571. The van der Waals surface area contributed by atoms with Gasteiger partial charge in [-0.25, -0.2) is 8.42 Å². The van der Waals surface area contributed by atoms with Crippen molar-refractivity contribution in [1.82, 2.24) is 0 Å². The zero-order valence-electron chi connectivity index (χ0n) is 11.5. The standard InChI is InChI=1S/C14H18F3NO2S/c15-14(16,17)21(19,20)13-8-4-3-7-12(13)18-10-9-11-5-1-2-6-11/h3-4,7-8,11,18H,1-2,5-6,9-10H2. The third-order valence-corrected chi connectivity index (χ3v) is 5.37. The van der Waals surface area contributed by atoms with Gasteiger partial charge in [0.2, 0.25) is 0 Å². The number of nitrogens with one attached hydrogen (secondary N) is 1. The van der Waals surface area contributed by atoms with Crippen molar-refractivity contribution in [3.63, 3.8) is 0 Å². The van der Waals surface area contributed by atoms with E-state index in [1.807, 2.05) is 0 Å². The topological polar surface area (TPSA) is 46.2 Å². The summed E-state index contributed by atoms with van der Waals surface area (Å²) in [6.07, 6.45) is 5.53. The first kappa shape index (κ1) is 16.1. The SMILES string of the molecule is O=S(=O)(c1ccccc1NCCC1CCCC1)C(F)(F)F. The maximum atomic E-state index is 12.7. The molecule has 0 unspecified atom stereocenters. The molecule has 0 aromatic heterocycles. The second-order valence-corrected chi connectivity index (χ2v) is 7.22. The summed E-state index contributed by atoms with van der Waals surface area (Å²) >= 11 is 0. The minimum Gasteiger partial charge on any atom is -0.384 e. The highest BCUT2D eigenvalue weighted by atomic mass is 32.2. The number of anilines is 1. The second-order valence-electron chi connectivity index (χ2n) is 5.31. The molecule has 0 aliphatic heterocycles. The monoisotopic (exact) mass is 321 g/mol. The van der Waals surface area contributed by atoms with E-state index < -0.39 is 20.2 Å². The normalized spacial score (nSPS) is 17.1. The van der Waals surface area contributed by atoms with E-state index in [2.05, 4.69) is 5.32 Å². The number of benzene rings is 1. The Kier molecular flexibility index (Phi) is 4.81. The largest absolute Gasteiger partial charge is 0.501 e. The first-order chi connectivity index (χ1) is 9.82. The molecule has 0 atom stereocenters. The van der Waals surface area contributed by atoms with Crippen LogP contribution < -0.4 is 5.32 Å². The van der Waals surface area contributed by atoms with Crippen LogP contribution in [0.5, 0.6) is 0 Å². The molecule has 1 N–H and O–H groups in total. The molecule has 0 radical (unpaired) electrons. The van der Waals surface area contributed by atoms with Crippen molar-refractivity contribution < 1.29 is 21.6 Å². The van der Waals surface area contributed by atoms with Gasteiger partial charge in [0.1, 0.15) is 0 Å². The van der Waals surface area contributed by atoms with Gasteiger partial charge in [-0.05, 0) is 24.5 Å². The molecule has 1 aromatic rings. The van der Waals surface area contributed by atoms with Crippen molar-refractivity contribution >= 4 is 15.5 Å². The van der Waals surface area contributed by atoms with Crippen LogP contribution in [0.15, 0.2) is 29.2 Å². The lowest BCUT2D eigenvalue weighted by atomic mass is 10.0. The van der Waals surface area contributed by atoms with E-state index in [0.717, 1.165) is 25.3 Å². The number of alkyl halides is 3. The average molecular weight is 321 g/mol. The highest BCUT2D eigenvalue weighted by Gasteiger charge is 2.47. The molecule has 0 saturated heterocycles. The third-order valence-electron chi connectivity index (χ3n) is 3.82. The Bertz CT molecular complexity index is 578. The highest BCUT2D eigenvalue weighted by Crippen LogP contribution is 2.34. The molecule has 1 saturated carbocycles. The predicted molar refractivity (Wildman–Crippen MR) is 74.7 cm³/mol. The van der Waals surface area contributed by atoms with Crippen LogP contribution in [0.4, 0.5) is 18.9 Å². The van der Waals surface area contributed by atoms with Gasteiger partial charge in [0, 0.05) is 6.54 Å². The number of hydrogen-bond donors (Lipinski definition) is 1.